The van der Waals surface area contributed by atoms with Gasteiger partial charge in [-0.1, -0.05) is 29.5 Å². The lowest BCUT2D eigenvalue weighted by molar-refractivity contribution is 0.635. The summed E-state index contributed by atoms with van der Waals surface area (Å²) in [5, 5.41) is 17.1. The summed E-state index contributed by atoms with van der Waals surface area (Å²) < 4.78 is 0. The predicted octanol–water partition coefficient (Wildman–Crippen LogP) is 2.71. The molecule has 0 amide bonds. The van der Waals surface area contributed by atoms with Crippen LogP contribution in [0, 0.1) is 0 Å². The average molecular weight is 246 g/mol. The molecule has 4 nitrogen and oxygen atoms in total. The van der Waals surface area contributed by atoms with Gasteiger partial charge in [-0.15, -0.1) is 10.2 Å². The lowest BCUT2D eigenvalue weighted by Gasteiger charge is -2.03. The van der Waals surface area contributed by atoms with Crippen LogP contribution in [0.1, 0.15) is 23.9 Å². The van der Waals surface area contributed by atoms with Crippen LogP contribution in [0.25, 0.3) is 0 Å². The van der Waals surface area contributed by atoms with Crippen LogP contribution in [0.4, 0.5) is 10.8 Å². The van der Waals surface area contributed by atoms with Gasteiger partial charge < -0.3 is 10.6 Å². The van der Waals surface area contributed by atoms with Crippen LogP contribution in [-0.4, -0.2) is 16.7 Å². The molecule has 0 aliphatic carbocycles. The maximum atomic E-state index is 4.24. The van der Waals surface area contributed by atoms with Crippen molar-refractivity contribution in [1.29, 1.82) is 0 Å². The zero-order valence-electron chi connectivity index (χ0n) is 9.39. The summed E-state index contributed by atoms with van der Waals surface area (Å²) in [5.74, 6) is 0. The number of rotatable bonds is 3. The highest BCUT2D eigenvalue weighted by Crippen LogP contribution is 2.29. The quantitative estimate of drug-likeness (QED) is 0.874. The number of nitrogens with one attached hydrogen (secondary N) is 2. The molecule has 1 fully saturated rings. The zero-order valence-corrected chi connectivity index (χ0v) is 10.2. The van der Waals surface area contributed by atoms with E-state index in [1.165, 1.54) is 12.8 Å². The first kappa shape index (κ1) is 10.7. The van der Waals surface area contributed by atoms with Crippen LogP contribution in [0.15, 0.2) is 30.3 Å². The molecule has 0 spiro atoms. The molecule has 3 rings (SSSR count). The molecule has 0 radical (unpaired) electrons. The number of para-hydroxylation sites is 1. The van der Waals surface area contributed by atoms with Crippen LogP contribution < -0.4 is 10.6 Å². The van der Waals surface area contributed by atoms with Crippen molar-refractivity contribution >= 4 is 22.2 Å². The Morgan fingerprint density at radius 2 is 2.12 bits per heavy atom. The second-order valence-corrected chi connectivity index (χ2v) is 5.09. The second kappa shape index (κ2) is 4.81. The van der Waals surface area contributed by atoms with Crippen LogP contribution in [0.5, 0.6) is 0 Å². The number of benzene rings is 1. The summed E-state index contributed by atoms with van der Waals surface area (Å²) in [4.78, 5) is 0. The molecule has 2 heterocycles. The number of hydrogen-bond acceptors (Lipinski definition) is 5. The van der Waals surface area contributed by atoms with Gasteiger partial charge in [0.15, 0.2) is 0 Å². The van der Waals surface area contributed by atoms with Crippen molar-refractivity contribution < 1.29 is 0 Å². The van der Waals surface area contributed by atoms with E-state index in [2.05, 4.69) is 20.8 Å². The zero-order chi connectivity index (χ0) is 11.5. The van der Waals surface area contributed by atoms with Gasteiger partial charge in [0.05, 0.1) is 6.04 Å². The predicted molar refractivity (Wildman–Crippen MR) is 69.6 cm³/mol. The van der Waals surface area contributed by atoms with Gasteiger partial charge in [-0.05, 0) is 31.5 Å². The highest BCUT2D eigenvalue weighted by Gasteiger charge is 2.20. The van der Waals surface area contributed by atoms with Crippen molar-refractivity contribution in [2.24, 2.45) is 0 Å². The van der Waals surface area contributed by atoms with Gasteiger partial charge in [0.25, 0.3) is 0 Å². The van der Waals surface area contributed by atoms with E-state index in [-0.39, 0.29) is 0 Å². The van der Waals surface area contributed by atoms with Crippen LogP contribution in [-0.2, 0) is 0 Å². The summed E-state index contributed by atoms with van der Waals surface area (Å²) in [7, 11) is 0. The van der Waals surface area contributed by atoms with Gasteiger partial charge in [0.1, 0.15) is 5.01 Å². The number of anilines is 2. The molecule has 1 aliphatic rings. The van der Waals surface area contributed by atoms with Crippen molar-refractivity contribution in [1.82, 2.24) is 15.5 Å². The highest BCUT2D eigenvalue weighted by atomic mass is 32.1. The summed E-state index contributed by atoms with van der Waals surface area (Å²) in [6, 6.07) is 10.5. The maximum absolute atomic E-state index is 4.24. The molecule has 1 atom stereocenters. The van der Waals surface area contributed by atoms with Gasteiger partial charge in [0.2, 0.25) is 5.13 Å². The molecular formula is C12H14N4S. The maximum Gasteiger partial charge on any atom is 0.210 e. The van der Waals surface area contributed by atoms with Crippen molar-refractivity contribution in [3.8, 4) is 0 Å². The summed E-state index contributed by atoms with van der Waals surface area (Å²) in [6.07, 6.45) is 2.39. The SMILES string of the molecule is c1ccc(Nc2nnc(C3CCCN3)s2)cc1. The Labute approximate surface area is 104 Å². The van der Waals surface area contributed by atoms with E-state index < -0.39 is 0 Å². The third-order valence-corrected chi connectivity index (χ3v) is 3.78. The van der Waals surface area contributed by atoms with Crippen molar-refractivity contribution in [3.63, 3.8) is 0 Å². The fraction of sp³-hybridized carbons (Fsp3) is 0.333. The molecule has 2 aromatic rings. The minimum Gasteiger partial charge on any atom is -0.330 e. The Morgan fingerprint density at radius 3 is 2.88 bits per heavy atom. The molecule has 0 bridgehead atoms. The van der Waals surface area contributed by atoms with Gasteiger partial charge in [0, 0.05) is 5.69 Å². The largest absolute Gasteiger partial charge is 0.330 e. The van der Waals surface area contributed by atoms with Crippen molar-refractivity contribution in [2.75, 3.05) is 11.9 Å². The first-order valence-electron chi connectivity index (χ1n) is 5.81. The first-order chi connectivity index (χ1) is 8.42. The fourth-order valence-corrected chi connectivity index (χ4v) is 2.84. The Kier molecular flexibility index (Phi) is 3.02. The molecule has 1 saturated heterocycles. The molecule has 17 heavy (non-hydrogen) atoms. The normalized spacial score (nSPS) is 19.4. The van der Waals surface area contributed by atoms with E-state index in [1.807, 2.05) is 30.3 Å². The monoisotopic (exact) mass is 246 g/mol. The first-order valence-corrected chi connectivity index (χ1v) is 6.62. The second-order valence-electron chi connectivity index (χ2n) is 4.09. The third-order valence-electron chi connectivity index (χ3n) is 2.82. The molecule has 2 N–H and O–H groups in total. The van der Waals surface area contributed by atoms with Gasteiger partial charge >= 0.3 is 0 Å². The van der Waals surface area contributed by atoms with Crippen molar-refractivity contribution in [2.45, 2.75) is 18.9 Å². The molecule has 1 aliphatic heterocycles. The average Bonchev–Trinajstić information content (AvgIpc) is 3.00. The molecule has 0 saturated carbocycles. The van der Waals surface area contributed by atoms with Gasteiger partial charge in [-0.3, -0.25) is 0 Å². The summed E-state index contributed by atoms with van der Waals surface area (Å²) in [6.45, 7) is 1.09. The van der Waals surface area contributed by atoms with E-state index in [4.69, 9.17) is 0 Å². The van der Waals surface area contributed by atoms with Crippen molar-refractivity contribution in [3.05, 3.63) is 35.3 Å². The lowest BCUT2D eigenvalue weighted by atomic mass is 10.2. The fourth-order valence-electron chi connectivity index (χ4n) is 1.97. The molecule has 5 heteroatoms. The Hall–Kier alpha value is -1.46. The summed E-state index contributed by atoms with van der Waals surface area (Å²) in [5.41, 5.74) is 1.05. The topological polar surface area (TPSA) is 49.8 Å². The molecule has 1 unspecified atom stereocenters. The Morgan fingerprint density at radius 1 is 1.24 bits per heavy atom. The number of hydrogen-bond donors (Lipinski definition) is 2. The van der Waals surface area contributed by atoms with E-state index in [0.717, 1.165) is 22.4 Å². The molecule has 1 aromatic heterocycles. The van der Waals surface area contributed by atoms with E-state index >= 15 is 0 Å². The van der Waals surface area contributed by atoms with E-state index in [1.54, 1.807) is 11.3 Å². The third kappa shape index (κ3) is 2.45. The number of aromatic nitrogens is 2. The van der Waals surface area contributed by atoms with Crippen LogP contribution in [0.2, 0.25) is 0 Å². The Balaban J connectivity index is 1.72. The molecule has 88 valence electrons. The molecular weight excluding hydrogens is 232 g/mol. The van der Waals surface area contributed by atoms with Gasteiger partial charge in [-0.2, -0.15) is 0 Å². The number of nitrogens with zero attached hydrogens (tertiary/aromatic N) is 2. The minimum atomic E-state index is 0.402. The molecule has 1 aromatic carbocycles. The highest BCUT2D eigenvalue weighted by molar-refractivity contribution is 7.15. The van der Waals surface area contributed by atoms with Gasteiger partial charge in [-0.25, -0.2) is 0 Å². The van der Waals surface area contributed by atoms with Crippen LogP contribution >= 0.6 is 11.3 Å². The smallest absolute Gasteiger partial charge is 0.210 e. The van der Waals surface area contributed by atoms with E-state index in [0.29, 0.717) is 6.04 Å². The summed E-state index contributed by atoms with van der Waals surface area (Å²) >= 11 is 1.63. The lowest BCUT2D eigenvalue weighted by Crippen LogP contribution is -2.12. The van der Waals surface area contributed by atoms with E-state index in [9.17, 15) is 0 Å². The standard InChI is InChI=1S/C12H14N4S/c1-2-5-9(6-3-1)14-12-16-15-11(17-12)10-7-4-8-13-10/h1-3,5-6,10,13H,4,7-8H2,(H,14,16). The Bertz CT molecular complexity index is 476. The van der Waals surface area contributed by atoms with Crippen LogP contribution in [0.3, 0.4) is 0 Å². The minimum absolute atomic E-state index is 0.402.